The number of carboxylic acid groups (broad SMARTS) is 1. The number of allylic oxidation sites excluding steroid dienone is 12. The first-order valence-corrected chi connectivity index (χ1v) is 26.5. The lowest BCUT2D eigenvalue weighted by atomic mass is 10.0. The maximum Gasteiger partial charge on any atom is 0.472 e. The molecule has 0 fully saturated rings. The Balaban J connectivity index is 4.33. The van der Waals surface area contributed by atoms with Crippen LogP contribution in [0, 0.1) is 0 Å². The number of rotatable bonds is 46. The summed E-state index contributed by atoms with van der Waals surface area (Å²) in [5.41, 5.74) is 5.35. The van der Waals surface area contributed by atoms with Gasteiger partial charge in [-0.25, -0.2) is 4.57 Å². The molecule has 368 valence electrons. The van der Waals surface area contributed by atoms with Crippen molar-refractivity contribution in [3.05, 3.63) is 72.9 Å². The van der Waals surface area contributed by atoms with Crippen molar-refractivity contribution in [1.29, 1.82) is 0 Å². The van der Waals surface area contributed by atoms with Crippen LogP contribution in [-0.2, 0) is 37.5 Å². The number of phosphoric ester groups is 1. The van der Waals surface area contributed by atoms with Crippen LogP contribution in [0.15, 0.2) is 72.9 Å². The molecule has 0 amide bonds. The first-order chi connectivity index (χ1) is 31.1. The lowest BCUT2D eigenvalue weighted by molar-refractivity contribution is -0.161. The molecule has 0 heterocycles. The third kappa shape index (κ3) is 45.5. The van der Waals surface area contributed by atoms with Gasteiger partial charge in [0.25, 0.3) is 0 Å². The Morgan fingerprint density at radius 3 is 1.34 bits per heavy atom. The second-order valence-electron chi connectivity index (χ2n) is 16.6. The van der Waals surface area contributed by atoms with Crippen LogP contribution in [0.5, 0.6) is 0 Å². The van der Waals surface area contributed by atoms with E-state index in [9.17, 15) is 23.8 Å². The lowest BCUT2D eigenvalue weighted by Crippen LogP contribution is -2.34. The van der Waals surface area contributed by atoms with Crippen molar-refractivity contribution in [1.82, 2.24) is 0 Å². The smallest absolute Gasteiger partial charge is 0.472 e. The van der Waals surface area contributed by atoms with Crippen molar-refractivity contribution < 1.29 is 47.5 Å². The Bertz CT molecular complexity index is 1360. The number of hydrogen-bond donors (Lipinski definition) is 3. The average molecular weight is 920 g/mol. The molecule has 64 heavy (non-hydrogen) atoms. The molecule has 4 N–H and O–H groups in total. The highest BCUT2D eigenvalue weighted by atomic mass is 31.2. The first-order valence-electron chi connectivity index (χ1n) is 25.0. The Morgan fingerprint density at radius 1 is 0.500 bits per heavy atom. The van der Waals surface area contributed by atoms with Crippen molar-refractivity contribution in [3.63, 3.8) is 0 Å². The van der Waals surface area contributed by atoms with E-state index in [-0.39, 0.29) is 19.4 Å². The lowest BCUT2D eigenvalue weighted by Gasteiger charge is -2.20. The molecule has 0 aliphatic carbocycles. The second-order valence-corrected chi connectivity index (χ2v) is 18.0. The summed E-state index contributed by atoms with van der Waals surface area (Å²) in [5.74, 6) is -2.42. The van der Waals surface area contributed by atoms with E-state index in [1.165, 1.54) is 96.3 Å². The number of aliphatic carboxylic acids is 1. The number of phosphoric acid groups is 1. The molecule has 0 radical (unpaired) electrons. The molecule has 0 aliphatic heterocycles. The van der Waals surface area contributed by atoms with Gasteiger partial charge in [-0.2, -0.15) is 0 Å². The van der Waals surface area contributed by atoms with Gasteiger partial charge in [0, 0.05) is 12.8 Å². The number of carbonyl (C=O) groups is 3. The normalized spacial score (nSPS) is 14.2. The summed E-state index contributed by atoms with van der Waals surface area (Å²) >= 11 is 0. The van der Waals surface area contributed by atoms with Gasteiger partial charge in [-0.05, 0) is 83.5 Å². The van der Waals surface area contributed by atoms with E-state index in [1.54, 1.807) is 0 Å². The van der Waals surface area contributed by atoms with Gasteiger partial charge in [0.2, 0.25) is 0 Å². The van der Waals surface area contributed by atoms with Gasteiger partial charge in [0.1, 0.15) is 12.6 Å². The summed E-state index contributed by atoms with van der Waals surface area (Å²) in [6, 6.07) is -1.53. The Labute approximate surface area is 389 Å². The van der Waals surface area contributed by atoms with E-state index in [1.807, 2.05) is 0 Å². The molecule has 0 spiro atoms. The molecule has 0 rings (SSSR count). The Morgan fingerprint density at radius 2 is 0.875 bits per heavy atom. The van der Waals surface area contributed by atoms with E-state index in [0.717, 1.165) is 70.6 Å². The molecule has 0 aromatic rings. The number of nitrogens with two attached hydrogens (primary N) is 1. The van der Waals surface area contributed by atoms with Crippen LogP contribution >= 0.6 is 7.82 Å². The number of carboxylic acids is 1. The molecule has 12 heteroatoms. The van der Waals surface area contributed by atoms with E-state index in [4.69, 9.17) is 24.8 Å². The largest absolute Gasteiger partial charge is 0.480 e. The van der Waals surface area contributed by atoms with Crippen LogP contribution in [0.4, 0.5) is 0 Å². The first kappa shape index (κ1) is 60.9. The predicted octanol–water partition coefficient (Wildman–Crippen LogP) is 14.1. The van der Waals surface area contributed by atoms with Gasteiger partial charge in [0.15, 0.2) is 6.10 Å². The third-order valence-electron chi connectivity index (χ3n) is 10.4. The topological polar surface area (TPSA) is 172 Å². The highest BCUT2D eigenvalue weighted by Crippen LogP contribution is 2.43. The number of ether oxygens (including phenoxy) is 2. The molecule has 0 aromatic heterocycles. The van der Waals surface area contributed by atoms with Crippen LogP contribution in [0.2, 0.25) is 0 Å². The van der Waals surface area contributed by atoms with Crippen molar-refractivity contribution >= 4 is 25.7 Å². The molecule has 0 saturated heterocycles. The van der Waals surface area contributed by atoms with Crippen LogP contribution in [-0.4, -0.2) is 59.9 Å². The van der Waals surface area contributed by atoms with Gasteiger partial charge in [0.05, 0.1) is 13.2 Å². The van der Waals surface area contributed by atoms with Crippen LogP contribution < -0.4 is 5.73 Å². The summed E-state index contributed by atoms with van der Waals surface area (Å²) in [6.45, 7) is 2.67. The molecule has 0 saturated carbocycles. The molecule has 0 bridgehead atoms. The zero-order chi connectivity index (χ0) is 47.0. The maximum atomic E-state index is 12.7. The minimum atomic E-state index is -4.73. The van der Waals surface area contributed by atoms with E-state index >= 15 is 0 Å². The number of esters is 2. The number of hydrogen-bond acceptors (Lipinski definition) is 9. The zero-order valence-corrected chi connectivity index (χ0v) is 41.0. The molecule has 0 aromatic carbocycles. The van der Waals surface area contributed by atoms with E-state index < -0.39 is 51.1 Å². The van der Waals surface area contributed by atoms with Crippen molar-refractivity contribution in [3.8, 4) is 0 Å². The minimum absolute atomic E-state index is 0.150. The minimum Gasteiger partial charge on any atom is -0.480 e. The van der Waals surface area contributed by atoms with Crippen molar-refractivity contribution in [2.24, 2.45) is 5.73 Å². The van der Waals surface area contributed by atoms with Gasteiger partial charge < -0.3 is 25.2 Å². The quantitative estimate of drug-likeness (QED) is 0.0230. The van der Waals surface area contributed by atoms with Gasteiger partial charge in [-0.1, -0.05) is 183 Å². The molecular formula is C52H90NO10P. The highest BCUT2D eigenvalue weighted by Gasteiger charge is 2.28. The number of unbranched alkanes of at least 4 members (excludes halogenated alkanes) is 20. The highest BCUT2D eigenvalue weighted by molar-refractivity contribution is 7.47. The third-order valence-corrected chi connectivity index (χ3v) is 11.4. The van der Waals surface area contributed by atoms with Crippen molar-refractivity contribution in [2.75, 3.05) is 19.8 Å². The zero-order valence-electron chi connectivity index (χ0n) is 40.1. The van der Waals surface area contributed by atoms with E-state index in [0.29, 0.717) is 12.8 Å². The predicted molar refractivity (Wildman–Crippen MR) is 263 cm³/mol. The summed E-state index contributed by atoms with van der Waals surface area (Å²) < 4.78 is 32.8. The molecular weight excluding hydrogens is 830 g/mol. The standard InChI is InChI=1S/C52H90NO10P/c1-3-5-7-9-11-13-15-17-19-21-23-24-26-28-30-32-34-36-38-40-42-44-51(55)63-48(46-61-64(58,59)62-47-49(53)52(56)57)45-60-50(54)43-41-39-37-35-33-31-29-27-25-22-20-18-16-14-12-10-8-6-4-2/h6,8,12,14,17-20,25,27,31,33,48-49H,3-5,7,9-11,13,15-16,21-24,26,28-30,32,34-47,53H2,1-2H3,(H,56,57)(H,58,59)/b8-6+,14-12+,19-17+,20-18+,27-25+,33-31+/t48-,49+/m1/s1. The van der Waals surface area contributed by atoms with Crippen LogP contribution in [0.1, 0.15) is 206 Å². The molecule has 3 atom stereocenters. The molecule has 0 aliphatic rings. The van der Waals surface area contributed by atoms with E-state index in [2.05, 4.69) is 91.3 Å². The monoisotopic (exact) mass is 920 g/mol. The summed E-state index contributed by atoms with van der Waals surface area (Å²) in [5, 5.41) is 8.92. The second kappa shape index (κ2) is 46.4. The maximum absolute atomic E-state index is 12.7. The fourth-order valence-corrected chi connectivity index (χ4v) is 7.34. The van der Waals surface area contributed by atoms with Crippen LogP contribution in [0.25, 0.3) is 0 Å². The Hall–Kier alpha value is -3.08. The van der Waals surface area contributed by atoms with Gasteiger partial charge in [-0.3, -0.25) is 23.4 Å². The van der Waals surface area contributed by atoms with Gasteiger partial charge in [-0.15, -0.1) is 0 Å². The summed E-state index contributed by atoms with van der Waals surface area (Å²) in [4.78, 5) is 46.2. The Kier molecular flexibility index (Phi) is 44.2. The summed E-state index contributed by atoms with van der Waals surface area (Å²) in [7, 11) is -4.73. The molecule has 1 unspecified atom stereocenters. The SMILES string of the molecule is CC/C=C/C/C=C/C/C=C/C/C=C/C/C=C/CCCCCC(=O)OC[C@H](COP(=O)(O)OC[C@H](N)C(=O)O)OC(=O)CCCCCCCCCCCCC/C=C/CCCCCCCC. The van der Waals surface area contributed by atoms with Crippen molar-refractivity contribution in [2.45, 2.75) is 219 Å². The fraction of sp³-hybridized carbons (Fsp3) is 0.712. The molecule has 11 nitrogen and oxygen atoms in total. The average Bonchev–Trinajstić information content (AvgIpc) is 3.27. The summed E-state index contributed by atoms with van der Waals surface area (Å²) in [6.07, 6.45) is 56.8. The van der Waals surface area contributed by atoms with Gasteiger partial charge >= 0.3 is 25.7 Å². The number of carbonyl (C=O) groups excluding carboxylic acids is 2. The fourth-order valence-electron chi connectivity index (χ4n) is 6.56. The van der Waals surface area contributed by atoms with Crippen LogP contribution in [0.3, 0.4) is 0 Å².